The van der Waals surface area contributed by atoms with Gasteiger partial charge in [-0.2, -0.15) is 0 Å². The third-order valence-electron chi connectivity index (χ3n) is 6.49. The second kappa shape index (κ2) is 15.8. The van der Waals surface area contributed by atoms with E-state index in [0.29, 0.717) is 6.54 Å². The minimum absolute atomic E-state index is 0.205. The smallest absolute Gasteiger partial charge is 0.0897 e. The van der Waals surface area contributed by atoms with E-state index in [1.54, 1.807) is 0 Å². The summed E-state index contributed by atoms with van der Waals surface area (Å²) < 4.78 is 0. The van der Waals surface area contributed by atoms with Gasteiger partial charge in [0.1, 0.15) is 0 Å². The van der Waals surface area contributed by atoms with Gasteiger partial charge in [0, 0.05) is 105 Å². The van der Waals surface area contributed by atoms with Gasteiger partial charge in [0.25, 0.3) is 0 Å². The Morgan fingerprint density at radius 1 is 0.735 bits per heavy atom. The first-order valence-electron chi connectivity index (χ1n) is 13.0. The Balaban J connectivity index is 1.72. The monoisotopic (exact) mass is 477 g/mol. The molecule has 2 aliphatic rings. The van der Waals surface area contributed by atoms with Crippen LogP contribution in [0.1, 0.15) is 16.7 Å². The number of hydrogen-bond donors (Lipinski definition) is 6. The van der Waals surface area contributed by atoms with Crippen molar-refractivity contribution in [1.29, 1.82) is 0 Å². The maximum absolute atomic E-state index is 9.86. The molecule has 0 bridgehead atoms. The fraction of sp³-hybridized carbons (Fsp3) is 0.760. The van der Waals surface area contributed by atoms with Gasteiger partial charge in [0.2, 0.25) is 0 Å². The quantitative estimate of drug-likeness (QED) is 0.253. The van der Waals surface area contributed by atoms with E-state index in [-0.39, 0.29) is 6.61 Å². The van der Waals surface area contributed by atoms with Crippen LogP contribution in [0.3, 0.4) is 0 Å². The van der Waals surface area contributed by atoms with Crippen molar-refractivity contribution in [3.63, 3.8) is 0 Å². The summed E-state index contributed by atoms with van der Waals surface area (Å²) in [5.74, 6) is 0. The van der Waals surface area contributed by atoms with Gasteiger partial charge in [-0.15, -0.1) is 0 Å². The molecular formula is C25H47N7O2. The Morgan fingerprint density at radius 2 is 1.15 bits per heavy atom. The minimum atomic E-state index is -0.706. The van der Waals surface area contributed by atoms with Crippen molar-refractivity contribution < 1.29 is 10.2 Å². The highest BCUT2D eigenvalue weighted by Crippen LogP contribution is 2.17. The number of nitrogens with one attached hydrogen (secondary N) is 4. The second-order valence-corrected chi connectivity index (χ2v) is 9.74. The Hall–Kier alpha value is -1.14. The van der Waals surface area contributed by atoms with Gasteiger partial charge in [0.15, 0.2) is 0 Å². The van der Waals surface area contributed by atoms with E-state index in [1.807, 2.05) is 7.05 Å². The molecular weight excluding hydrogens is 430 g/mol. The molecule has 2 saturated heterocycles. The normalized spacial score (nSPS) is 21.2. The SMILES string of the molecule is CN(Cc1cc(CN2CCNCCNCC2)cc(CN2CCNCCNCC2)c1)CC(O)CO. The fourth-order valence-corrected chi connectivity index (χ4v) is 4.77. The molecule has 34 heavy (non-hydrogen) atoms. The van der Waals surface area contributed by atoms with E-state index in [0.717, 1.165) is 98.2 Å². The van der Waals surface area contributed by atoms with Gasteiger partial charge < -0.3 is 31.5 Å². The van der Waals surface area contributed by atoms with Crippen molar-refractivity contribution in [2.45, 2.75) is 25.7 Å². The molecule has 0 saturated carbocycles. The largest absolute Gasteiger partial charge is 0.394 e. The van der Waals surface area contributed by atoms with Gasteiger partial charge in [-0.3, -0.25) is 14.7 Å². The van der Waals surface area contributed by atoms with Crippen molar-refractivity contribution in [3.8, 4) is 0 Å². The zero-order valence-corrected chi connectivity index (χ0v) is 21.1. The fourth-order valence-electron chi connectivity index (χ4n) is 4.77. The molecule has 2 aliphatic heterocycles. The summed E-state index contributed by atoms with van der Waals surface area (Å²) in [7, 11) is 2.00. The lowest BCUT2D eigenvalue weighted by atomic mass is 10.0. The van der Waals surface area contributed by atoms with Gasteiger partial charge in [-0.1, -0.05) is 18.2 Å². The highest BCUT2D eigenvalue weighted by Gasteiger charge is 2.14. The average Bonchev–Trinajstić information content (AvgIpc) is 3.02. The van der Waals surface area contributed by atoms with Crippen molar-refractivity contribution in [2.75, 3.05) is 98.7 Å². The Morgan fingerprint density at radius 3 is 1.56 bits per heavy atom. The molecule has 1 aromatic rings. The van der Waals surface area contributed by atoms with Gasteiger partial charge in [-0.25, -0.2) is 0 Å². The van der Waals surface area contributed by atoms with Gasteiger partial charge in [0.05, 0.1) is 12.7 Å². The number of benzene rings is 1. The Labute approximate surface area is 205 Å². The lowest BCUT2D eigenvalue weighted by molar-refractivity contribution is 0.0648. The average molecular weight is 478 g/mol. The molecule has 3 rings (SSSR count). The van der Waals surface area contributed by atoms with Gasteiger partial charge in [-0.05, 0) is 23.7 Å². The molecule has 2 fully saturated rings. The van der Waals surface area contributed by atoms with Crippen LogP contribution in [0.4, 0.5) is 0 Å². The number of rotatable bonds is 9. The van der Waals surface area contributed by atoms with Gasteiger partial charge >= 0.3 is 0 Å². The molecule has 9 heteroatoms. The van der Waals surface area contributed by atoms with Crippen LogP contribution in [0.25, 0.3) is 0 Å². The first kappa shape index (κ1) is 27.4. The molecule has 6 N–H and O–H groups in total. The summed E-state index contributed by atoms with van der Waals surface area (Å²) in [5.41, 5.74) is 3.97. The summed E-state index contributed by atoms with van der Waals surface area (Å²) in [5, 5.41) is 33.1. The number of aliphatic hydroxyl groups is 2. The Kier molecular flexibility index (Phi) is 12.7. The molecule has 1 aromatic carbocycles. The second-order valence-electron chi connectivity index (χ2n) is 9.74. The lowest BCUT2D eigenvalue weighted by Crippen LogP contribution is -2.34. The predicted molar refractivity (Wildman–Crippen MR) is 138 cm³/mol. The first-order valence-corrected chi connectivity index (χ1v) is 13.0. The van der Waals surface area contributed by atoms with Crippen LogP contribution in [0.5, 0.6) is 0 Å². The van der Waals surface area contributed by atoms with E-state index in [9.17, 15) is 10.2 Å². The van der Waals surface area contributed by atoms with E-state index in [1.165, 1.54) is 16.7 Å². The molecule has 2 heterocycles. The van der Waals surface area contributed by atoms with Crippen LogP contribution in [0.2, 0.25) is 0 Å². The molecule has 0 aromatic heterocycles. The van der Waals surface area contributed by atoms with Crippen molar-refractivity contribution >= 4 is 0 Å². The third kappa shape index (κ3) is 10.6. The summed E-state index contributed by atoms with van der Waals surface area (Å²) in [4.78, 5) is 7.15. The van der Waals surface area contributed by atoms with Crippen LogP contribution in [-0.2, 0) is 19.6 Å². The molecule has 1 unspecified atom stereocenters. The summed E-state index contributed by atoms with van der Waals surface area (Å²) in [6.07, 6.45) is -0.706. The van der Waals surface area contributed by atoms with Crippen LogP contribution in [-0.4, -0.2) is 130 Å². The molecule has 0 radical (unpaired) electrons. The van der Waals surface area contributed by atoms with Crippen molar-refractivity contribution in [2.24, 2.45) is 0 Å². The molecule has 9 nitrogen and oxygen atoms in total. The van der Waals surface area contributed by atoms with E-state index < -0.39 is 6.10 Å². The molecule has 0 aliphatic carbocycles. The summed E-state index contributed by atoms with van der Waals surface area (Å²) in [6.45, 7) is 15.3. The number of likely N-dealkylation sites (N-methyl/N-ethyl adjacent to an activating group) is 1. The van der Waals surface area contributed by atoms with E-state index in [4.69, 9.17) is 0 Å². The van der Waals surface area contributed by atoms with Crippen LogP contribution >= 0.6 is 0 Å². The zero-order valence-electron chi connectivity index (χ0n) is 21.1. The third-order valence-corrected chi connectivity index (χ3v) is 6.49. The number of hydrogen-bond acceptors (Lipinski definition) is 9. The minimum Gasteiger partial charge on any atom is -0.394 e. The topological polar surface area (TPSA) is 98.3 Å². The molecule has 194 valence electrons. The lowest BCUT2D eigenvalue weighted by Gasteiger charge is -2.25. The Bertz CT molecular complexity index is 629. The van der Waals surface area contributed by atoms with E-state index >= 15 is 0 Å². The maximum atomic E-state index is 9.86. The molecule has 1 atom stereocenters. The molecule has 0 spiro atoms. The molecule has 0 amide bonds. The summed E-state index contributed by atoms with van der Waals surface area (Å²) >= 11 is 0. The predicted octanol–water partition coefficient (Wildman–Crippen LogP) is -1.54. The highest BCUT2D eigenvalue weighted by molar-refractivity contribution is 5.30. The summed E-state index contributed by atoms with van der Waals surface area (Å²) in [6, 6.07) is 7.02. The highest BCUT2D eigenvalue weighted by atomic mass is 16.3. The zero-order chi connectivity index (χ0) is 24.0. The maximum Gasteiger partial charge on any atom is 0.0897 e. The number of nitrogens with zero attached hydrogens (tertiary/aromatic N) is 3. The van der Waals surface area contributed by atoms with Crippen molar-refractivity contribution in [3.05, 3.63) is 34.9 Å². The first-order chi connectivity index (χ1) is 16.6. The van der Waals surface area contributed by atoms with E-state index in [2.05, 4.69) is 54.2 Å². The number of aliphatic hydroxyl groups excluding tert-OH is 2. The van der Waals surface area contributed by atoms with Crippen molar-refractivity contribution in [1.82, 2.24) is 36.0 Å². The van der Waals surface area contributed by atoms with Crippen LogP contribution in [0, 0.1) is 0 Å². The van der Waals surface area contributed by atoms with Crippen LogP contribution < -0.4 is 21.3 Å². The standard InChI is InChI=1S/C25H47N7O2/c1-30(20-25(34)21-33)17-22-14-23(18-31-10-6-26-2-3-27-7-11-31)16-24(15-22)19-32-12-8-28-4-5-29-9-13-32/h14-16,25-29,33-34H,2-13,17-21H2,1H3. The van der Waals surface area contributed by atoms with Crippen LogP contribution in [0.15, 0.2) is 18.2 Å².